The van der Waals surface area contributed by atoms with E-state index in [4.69, 9.17) is 11.5 Å². The summed E-state index contributed by atoms with van der Waals surface area (Å²) in [6.45, 7) is 1.58. The fourth-order valence-corrected chi connectivity index (χ4v) is 4.37. The standard InChI is InChI=1S/C20H25F3N6/c1-26-11-4-3-9-29(10-11)19-12-5-2-6-15(12)27-18(28-19)16-13(24)7-8-14(25)17(16)20(21,22)23/h7-8,11,26H,2-6,9-10,24-25H2,1H3. The number of nitrogens with zero attached hydrogens (tertiary/aromatic N) is 3. The fraction of sp³-hybridized carbons (Fsp3) is 0.500. The highest BCUT2D eigenvalue weighted by atomic mass is 19.4. The monoisotopic (exact) mass is 406 g/mol. The van der Waals surface area contributed by atoms with Crippen LogP contribution in [0.15, 0.2) is 12.1 Å². The molecule has 0 spiro atoms. The summed E-state index contributed by atoms with van der Waals surface area (Å²) in [6.07, 6.45) is -0.113. The van der Waals surface area contributed by atoms with Crippen LogP contribution in [0.2, 0.25) is 0 Å². The zero-order valence-electron chi connectivity index (χ0n) is 16.3. The minimum atomic E-state index is -4.65. The second kappa shape index (κ2) is 7.37. The fourth-order valence-electron chi connectivity index (χ4n) is 4.37. The first kappa shape index (κ1) is 19.8. The Morgan fingerprint density at radius 3 is 2.59 bits per heavy atom. The molecule has 29 heavy (non-hydrogen) atoms. The van der Waals surface area contributed by atoms with Crippen molar-refractivity contribution >= 4 is 17.2 Å². The Morgan fingerprint density at radius 1 is 1.10 bits per heavy atom. The molecule has 4 rings (SSSR count). The predicted octanol–water partition coefficient (Wildman–Crippen LogP) is 3.00. The molecule has 1 aliphatic heterocycles. The maximum atomic E-state index is 13.8. The molecule has 1 saturated heterocycles. The Kier molecular flexibility index (Phi) is 5.02. The van der Waals surface area contributed by atoms with E-state index in [2.05, 4.69) is 20.2 Å². The van der Waals surface area contributed by atoms with Crippen molar-refractivity contribution in [3.8, 4) is 11.4 Å². The topological polar surface area (TPSA) is 93.1 Å². The van der Waals surface area contributed by atoms with Gasteiger partial charge in [-0.1, -0.05) is 0 Å². The highest BCUT2D eigenvalue weighted by Gasteiger charge is 2.38. The van der Waals surface area contributed by atoms with Gasteiger partial charge >= 0.3 is 6.18 Å². The zero-order chi connectivity index (χ0) is 20.8. The van der Waals surface area contributed by atoms with Gasteiger partial charge < -0.3 is 21.7 Å². The summed E-state index contributed by atoms with van der Waals surface area (Å²) in [6, 6.07) is 2.88. The van der Waals surface area contributed by atoms with Crippen LogP contribution in [0.5, 0.6) is 0 Å². The average Bonchev–Trinajstić information content (AvgIpc) is 3.16. The van der Waals surface area contributed by atoms with Crippen molar-refractivity contribution in [1.82, 2.24) is 15.3 Å². The van der Waals surface area contributed by atoms with Crippen LogP contribution in [0, 0.1) is 0 Å². The molecule has 9 heteroatoms. The molecule has 1 atom stereocenters. The maximum absolute atomic E-state index is 13.8. The molecule has 0 bridgehead atoms. The number of aryl methyl sites for hydroxylation is 1. The van der Waals surface area contributed by atoms with E-state index in [0.717, 1.165) is 62.3 Å². The smallest absolute Gasteiger partial charge is 0.398 e. The van der Waals surface area contributed by atoms with Crippen LogP contribution in [-0.4, -0.2) is 36.1 Å². The third kappa shape index (κ3) is 3.59. The van der Waals surface area contributed by atoms with E-state index >= 15 is 0 Å². The zero-order valence-corrected chi connectivity index (χ0v) is 16.3. The van der Waals surface area contributed by atoms with Crippen molar-refractivity contribution in [3.05, 3.63) is 29.0 Å². The highest BCUT2D eigenvalue weighted by molar-refractivity contribution is 5.81. The number of fused-ring (bicyclic) bond motifs is 1. The summed E-state index contributed by atoms with van der Waals surface area (Å²) >= 11 is 0. The first-order valence-corrected chi connectivity index (χ1v) is 9.87. The van der Waals surface area contributed by atoms with Gasteiger partial charge in [-0.2, -0.15) is 13.2 Å². The molecular weight excluding hydrogens is 381 g/mol. The van der Waals surface area contributed by atoms with E-state index in [0.29, 0.717) is 6.04 Å². The van der Waals surface area contributed by atoms with Gasteiger partial charge in [0.15, 0.2) is 5.82 Å². The number of halogens is 3. The molecule has 2 aliphatic rings. The Labute approximate surface area is 167 Å². The van der Waals surface area contributed by atoms with Gasteiger partial charge in [0.05, 0.1) is 11.1 Å². The summed E-state index contributed by atoms with van der Waals surface area (Å²) in [4.78, 5) is 11.3. The molecule has 5 N–H and O–H groups in total. The highest BCUT2D eigenvalue weighted by Crippen LogP contribution is 2.44. The average molecular weight is 406 g/mol. The molecule has 2 heterocycles. The lowest BCUT2D eigenvalue weighted by Crippen LogP contribution is -2.45. The molecular formula is C20H25F3N6. The number of nitrogens with two attached hydrogens (primary N) is 2. The molecule has 156 valence electrons. The van der Waals surface area contributed by atoms with Gasteiger partial charge in [-0.25, -0.2) is 9.97 Å². The molecule has 1 aromatic carbocycles. The lowest BCUT2D eigenvalue weighted by molar-refractivity contribution is -0.136. The number of anilines is 3. The van der Waals surface area contributed by atoms with E-state index in [1.54, 1.807) is 0 Å². The van der Waals surface area contributed by atoms with E-state index < -0.39 is 11.7 Å². The number of likely N-dealkylation sites (N-methyl/N-ethyl adjacent to an activating group) is 1. The molecule has 1 unspecified atom stereocenters. The van der Waals surface area contributed by atoms with Crippen LogP contribution >= 0.6 is 0 Å². The van der Waals surface area contributed by atoms with Crippen LogP contribution in [0.3, 0.4) is 0 Å². The molecule has 1 aliphatic carbocycles. The molecule has 2 aromatic rings. The Hall–Kier alpha value is -2.55. The Bertz CT molecular complexity index is 927. The Morgan fingerprint density at radius 2 is 1.86 bits per heavy atom. The molecule has 0 radical (unpaired) electrons. The number of hydrogen-bond donors (Lipinski definition) is 3. The molecule has 6 nitrogen and oxygen atoms in total. The first-order chi connectivity index (χ1) is 13.8. The number of rotatable bonds is 3. The second-order valence-corrected chi connectivity index (χ2v) is 7.72. The SMILES string of the molecule is CNC1CCCN(c2nc(-c3c(N)ccc(N)c3C(F)(F)F)nc3c2CCC3)C1. The minimum Gasteiger partial charge on any atom is -0.398 e. The number of benzene rings is 1. The van der Waals surface area contributed by atoms with E-state index in [1.165, 1.54) is 12.1 Å². The van der Waals surface area contributed by atoms with Gasteiger partial charge in [-0.3, -0.25) is 0 Å². The predicted molar refractivity (Wildman–Crippen MR) is 108 cm³/mol. The van der Waals surface area contributed by atoms with Crippen LogP contribution in [-0.2, 0) is 19.0 Å². The number of piperidine rings is 1. The van der Waals surface area contributed by atoms with Crippen LogP contribution in [0.25, 0.3) is 11.4 Å². The first-order valence-electron chi connectivity index (χ1n) is 9.87. The van der Waals surface area contributed by atoms with Crippen molar-refractivity contribution in [2.24, 2.45) is 0 Å². The van der Waals surface area contributed by atoms with Crippen molar-refractivity contribution in [1.29, 1.82) is 0 Å². The third-order valence-electron chi connectivity index (χ3n) is 5.82. The normalized spacial score (nSPS) is 19.4. The van der Waals surface area contributed by atoms with Crippen molar-refractivity contribution in [3.63, 3.8) is 0 Å². The number of nitrogens with one attached hydrogen (secondary N) is 1. The van der Waals surface area contributed by atoms with Crippen LogP contribution in [0.4, 0.5) is 30.4 Å². The van der Waals surface area contributed by atoms with Gasteiger partial charge in [-0.05, 0) is 51.3 Å². The minimum absolute atomic E-state index is 0.00403. The Balaban J connectivity index is 1.89. The summed E-state index contributed by atoms with van der Waals surface area (Å²) in [5.41, 5.74) is 11.9. The van der Waals surface area contributed by atoms with Gasteiger partial charge in [0.1, 0.15) is 5.82 Å². The summed E-state index contributed by atoms with van der Waals surface area (Å²) in [7, 11) is 1.92. The number of alkyl halides is 3. The van der Waals surface area contributed by atoms with E-state index in [-0.39, 0.29) is 22.8 Å². The van der Waals surface area contributed by atoms with Gasteiger partial charge in [-0.15, -0.1) is 0 Å². The lowest BCUT2D eigenvalue weighted by atomic mass is 10.0. The molecule has 1 aromatic heterocycles. The molecule has 0 amide bonds. The van der Waals surface area contributed by atoms with E-state index in [1.807, 2.05) is 7.05 Å². The largest absolute Gasteiger partial charge is 0.419 e. The van der Waals surface area contributed by atoms with E-state index in [9.17, 15) is 13.2 Å². The third-order valence-corrected chi connectivity index (χ3v) is 5.82. The molecule has 0 saturated carbocycles. The number of nitrogen functional groups attached to an aromatic ring is 2. The second-order valence-electron chi connectivity index (χ2n) is 7.72. The molecule has 1 fully saturated rings. The summed E-state index contributed by atoms with van der Waals surface area (Å²) in [5, 5.41) is 3.29. The van der Waals surface area contributed by atoms with Crippen molar-refractivity contribution in [2.45, 2.75) is 44.3 Å². The number of hydrogen-bond acceptors (Lipinski definition) is 6. The van der Waals surface area contributed by atoms with Gasteiger partial charge in [0, 0.05) is 41.8 Å². The summed E-state index contributed by atoms with van der Waals surface area (Å²) < 4.78 is 41.4. The van der Waals surface area contributed by atoms with Crippen molar-refractivity contribution < 1.29 is 13.2 Å². The number of aromatic nitrogens is 2. The van der Waals surface area contributed by atoms with Gasteiger partial charge in [0.2, 0.25) is 0 Å². The van der Waals surface area contributed by atoms with Crippen molar-refractivity contribution in [2.75, 3.05) is 36.5 Å². The quantitative estimate of drug-likeness (QED) is 0.679. The summed E-state index contributed by atoms with van der Waals surface area (Å²) in [5.74, 6) is 0.738. The van der Waals surface area contributed by atoms with Crippen LogP contribution in [0.1, 0.15) is 36.1 Å². The lowest BCUT2D eigenvalue weighted by Gasteiger charge is -2.34. The van der Waals surface area contributed by atoms with Gasteiger partial charge in [0.25, 0.3) is 0 Å². The van der Waals surface area contributed by atoms with Crippen LogP contribution < -0.4 is 21.7 Å². The maximum Gasteiger partial charge on any atom is 0.419 e.